The molecule has 0 aliphatic carbocycles. The van der Waals surface area contributed by atoms with E-state index in [1.54, 1.807) is 13.0 Å². The number of nitrogens with one attached hydrogen (secondary N) is 2. The lowest BCUT2D eigenvalue weighted by molar-refractivity contribution is 0.0929. The Bertz CT molecular complexity index is 721. The van der Waals surface area contributed by atoms with Crippen molar-refractivity contribution in [3.05, 3.63) is 54.2 Å². The highest BCUT2D eigenvalue weighted by Gasteiger charge is 2.17. The van der Waals surface area contributed by atoms with Crippen molar-refractivity contribution in [2.24, 2.45) is 0 Å². The average Bonchev–Trinajstić information content (AvgIpc) is 3.20. The third-order valence-corrected chi connectivity index (χ3v) is 2.99. The molecule has 0 spiro atoms. The second-order valence-electron chi connectivity index (χ2n) is 4.51. The molecule has 0 aliphatic heterocycles. The number of carbonyl (C=O) groups excluding carboxylic acids is 1. The Kier molecular flexibility index (Phi) is 3.46. The molecule has 0 radical (unpaired) electrons. The predicted octanol–water partition coefficient (Wildman–Crippen LogP) is 1.95. The molecule has 0 saturated heterocycles. The van der Waals surface area contributed by atoms with E-state index in [2.05, 4.69) is 25.7 Å². The van der Waals surface area contributed by atoms with Crippen LogP contribution >= 0.6 is 0 Å². The monoisotopic (exact) mass is 283 g/mol. The lowest BCUT2D eigenvalue weighted by atomic mass is 10.1. The zero-order chi connectivity index (χ0) is 14.7. The van der Waals surface area contributed by atoms with Gasteiger partial charge in [-0.1, -0.05) is 35.5 Å². The van der Waals surface area contributed by atoms with E-state index in [4.69, 9.17) is 4.52 Å². The van der Waals surface area contributed by atoms with Crippen LogP contribution < -0.4 is 5.32 Å². The summed E-state index contributed by atoms with van der Waals surface area (Å²) in [6, 6.07) is 10.8. The summed E-state index contributed by atoms with van der Waals surface area (Å²) < 4.78 is 5.20. The molecule has 1 unspecified atom stereocenters. The van der Waals surface area contributed by atoms with E-state index in [1.807, 2.05) is 30.3 Å². The van der Waals surface area contributed by atoms with Gasteiger partial charge in [0.2, 0.25) is 0 Å². The maximum Gasteiger partial charge on any atom is 0.274 e. The van der Waals surface area contributed by atoms with Crippen LogP contribution in [0.5, 0.6) is 0 Å². The van der Waals surface area contributed by atoms with E-state index >= 15 is 0 Å². The van der Waals surface area contributed by atoms with Crippen molar-refractivity contribution >= 4 is 5.91 Å². The third kappa shape index (κ3) is 2.81. The van der Waals surface area contributed by atoms with Crippen LogP contribution in [0, 0.1) is 0 Å². The van der Waals surface area contributed by atoms with Crippen molar-refractivity contribution in [3.8, 4) is 11.3 Å². The van der Waals surface area contributed by atoms with Crippen LogP contribution in [-0.4, -0.2) is 26.2 Å². The Morgan fingerprint density at radius 2 is 2.14 bits per heavy atom. The summed E-state index contributed by atoms with van der Waals surface area (Å²) in [5, 5.41) is 13.0. The smallest absolute Gasteiger partial charge is 0.274 e. The number of hydrogen-bond donors (Lipinski definition) is 2. The number of nitrogens with zero attached hydrogens (tertiary/aromatic N) is 3. The molecule has 0 bridgehead atoms. The van der Waals surface area contributed by atoms with Gasteiger partial charge in [0.05, 0.1) is 6.04 Å². The van der Waals surface area contributed by atoms with Gasteiger partial charge in [0.15, 0.2) is 11.5 Å². The second-order valence-corrected chi connectivity index (χ2v) is 4.51. The molecule has 0 fully saturated rings. The fourth-order valence-corrected chi connectivity index (χ4v) is 1.88. The Morgan fingerprint density at radius 1 is 1.33 bits per heavy atom. The van der Waals surface area contributed by atoms with Crippen LogP contribution in [0.15, 0.2) is 47.2 Å². The van der Waals surface area contributed by atoms with Gasteiger partial charge in [-0.25, -0.2) is 4.98 Å². The first-order valence-corrected chi connectivity index (χ1v) is 6.42. The molecule has 7 heteroatoms. The van der Waals surface area contributed by atoms with Gasteiger partial charge in [0, 0.05) is 11.6 Å². The van der Waals surface area contributed by atoms with Crippen molar-refractivity contribution in [3.63, 3.8) is 0 Å². The van der Waals surface area contributed by atoms with E-state index in [-0.39, 0.29) is 17.6 Å². The topological polar surface area (TPSA) is 96.7 Å². The number of aromatic nitrogens is 4. The summed E-state index contributed by atoms with van der Waals surface area (Å²) in [6.45, 7) is 1.80. The maximum atomic E-state index is 12.1. The fourth-order valence-electron chi connectivity index (χ4n) is 1.88. The van der Waals surface area contributed by atoms with Crippen LogP contribution in [0.2, 0.25) is 0 Å². The van der Waals surface area contributed by atoms with Crippen LogP contribution in [0.1, 0.15) is 29.3 Å². The SMILES string of the molecule is CC(NC(=O)c1cc(-c2ccccc2)on1)c1ncn[nH]1. The van der Waals surface area contributed by atoms with Gasteiger partial charge < -0.3 is 9.84 Å². The zero-order valence-electron chi connectivity index (χ0n) is 11.3. The fraction of sp³-hybridized carbons (Fsp3) is 0.143. The van der Waals surface area contributed by atoms with E-state index in [0.717, 1.165) is 5.56 Å². The van der Waals surface area contributed by atoms with Crippen molar-refractivity contribution in [1.82, 2.24) is 25.7 Å². The molecule has 1 atom stereocenters. The quantitative estimate of drug-likeness (QED) is 0.762. The number of aromatic amines is 1. The van der Waals surface area contributed by atoms with Crippen molar-refractivity contribution in [2.75, 3.05) is 0 Å². The Hall–Kier alpha value is -2.96. The Morgan fingerprint density at radius 3 is 2.86 bits per heavy atom. The molecule has 7 nitrogen and oxygen atoms in total. The van der Waals surface area contributed by atoms with Gasteiger partial charge in [-0.05, 0) is 6.92 Å². The lowest BCUT2D eigenvalue weighted by Gasteiger charge is -2.08. The molecule has 2 aromatic heterocycles. The van der Waals surface area contributed by atoms with E-state index in [1.165, 1.54) is 6.33 Å². The van der Waals surface area contributed by atoms with Crippen molar-refractivity contribution < 1.29 is 9.32 Å². The van der Waals surface area contributed by atoms with Gasteiger partial charge in [-0.2, -0.15) is 5.10 Å². The lowest BCUT2D eigenvalue weighted by Crippen LogP contribution is -2.27. The molecule has 21 heavy (non-hydrogen) atoms. The van der Waals surface area contributed by atoms with Crippen LogP contribution in [-0.2, 0) is 0 Å². The zero-order valence-corrected chi connectivity index (χ0v) is 11.3. The number of benzene rings is 1. The molecule has 3 aromatic rings. The minimum atomic E-state index is -0.329. The van der Waals surface area contributed by atoms with Crippen LogP contribution in [0.25, 0.3) is 11.3 Å². The van der Waals surface area contributed by atoms with Gasteiger partial charge in [-0.3, -0.25) is 9.89 Å². The largest absolute Gasteiger partial charge is 0.355 e. The number of carbonyl (C=O) groups is 1. The van der Waals surface area contributed by atoms with Gasteiger partial charge in [0.25, 0.3) is 5.91 Å². The van der Waals surface area contributed by atoms with Crippen molar-refractivity contribution in [1.29, 1.82) is 0 Å². The highest BCUT2D eigenvalue weighted by Crippen LogP contribution is 2.20. The minimum absolute atomic E-state index is 0.222. The third-order valence-electron chi connectivity index (χ3n) is 2.99. The molecule has 1 amide bonds. The molecule has 3 rings (SSSR count). The van der Waals surface area contributed by atoms with E-state index in [0.29, 0.717) is 11.6 Å². The van der Waals surface area contributed by atoms with E-state index in [9.17, 15) is 4.79 Å². The summed E-state index contributed by atoms with van der Waals surface area (Å²) in [6.07, 6.45) is 1.39. The minimum Gasteiger partial charge on any atom is -0.355 e. The Balaban J connectivity index is 1.73. The first kappa shape index (κ1) is 13.0. The predicted molar refractivity (Wildman–Crippen MR) is 74.2 cm³/mol. The standard InChI is InChI=1S/C14H13N5O2/c1-9(13-15-8-16-18-13)17-14(20)11-7-12(21-19-11)10-5-3-2-4-6-10/h2-9H,1H3,(H,17,20)(H,15,16,18). The second kappa shape index (κ2) is 5.58. The van der Waals surface area contributed by atoms with Crippen LogP contribution in [0.4, 0.5) is 0 Å². The number of H-pyrrole nitrogens is 1. The number of rotatable bonds is 4. The summed E-state index contributed by atoms with van der Waals surface area (Å²) in [7, 11) is 0. The van der Waals surface area contributed by atoms with Gasteiger partial charge >= 0.3 is 0 Å². The summed E-state index contributed by atoms with van der Waals surface area (Å²) in [5.74, 6) is 0.799. The van der Waals surface area contributed by atoms with Gasteiger partial charge in [-0.15, -0.1) is 0 Å². The molecule has 2 heterocycles. The maximum absolute atomic E-state index is 12.1. The highest BCUT2D eigenvalue weighted by atomic mass is 16.5. The molecular formula is C14H13N5O2. The average molecular weight is 283 g/mol. The molecule has 106 valence electrons. The number of hydrogen-bond acceptors (Lipinski definition) is 5. The molecular weight excluding hydrogens is 270 g/mol. The number of amides is 1. The Labute approximate surface area is 120 Å². The van der Waals surface area contributed by atoms with Crippen molar-refractivity contribution in [2.45, 2.75) is 13.0 Å². The first-order chi connectivity index (χ1) is 10.2. The van der Waals surface area contributed by atoms with Crippen LogP contribution in [0.3, 0.4) is 0 Å². The molecule has 0 aliphatic rings. The van der Waals surface area contributed by atoms with Gasteiger partial charge in [0.1, 0.15) is 12.2 Å². The summed E-state index contributed by atoms with van der Waals surface area (Å²) in [5.41, 5.74) is 1.09. The molecule has 2 N–H and O–H groups in total. The molecule has 0 saturated carbocycles. The molecule has 1 aromatic carbocycles. The normalized spacial score (nSPS) is 12.0. The summed E-state index contributed by atoms with van der Waals surface area (Å²) >= 11 is 0. The summed E-state index contributed by atoms with van der Waals surface area (Å²) in [4.78, 5) is 16.1. The first-order valence-electron chi connectivity index (χ1n) is 6.42. The highest BCUT2D eigenvalue weighted by molar-refractivity contribution is 5.93. The van der Waals surface area contributed by atoms with E-state index < -0.39 is 0 Å².